The molecule has 0 radical (unpaired) electrons. The Morgan fingerprint density at radius 3 is 2.52 bits per heavy atom. The molecule has 0 saturated carbocycles. The molecule has 2 fully saturated rings. The van der Waals surface area contributed by atoms with E-state index in [-0.39, 0.29) is 11.9 Å². The predicted octanol–water partition coefficient (Wildman–Crippen LogP) is 2.24. The Balaban J connectivity index is 1.92. The lowest BCUT2D eigenvalue weighted by atomic mass is 9.72. The Kier molecular flexibility index (Phi) is 4.74. The first-order valence-corrected chi connectivity index (χ1v) is 8.73. The van der Waals surface area contributed by atoms with E-state index in [0.29, 0.717) is 25.7 Å². The fourth-order valence-electron chi connectivity index (χ4n) is 4.09. The van der Waals surface area contributed by atoms with Crippen LogP contribution in [0.2, 0.25) is 0 Å². The van der Waals surface area contributed by atoms with Crippen molar-refractivity contribution in [1.82, 2.24) is 4.90 Å². The van der Waals surface area contributed by atoms with Crippen molar-refractivity contribution in [3.8, 4) is 0 Å². The molecule has 0 spiro atoms. The maximum Gasteiger partial charge on any atom is 0.233 e. The summed E-state index contributed by atoms with van der Waals surface area (Å²) in [7, 11) is 0. The number of nitrogens with two attached hydrogens (primary N) is 1. The van der Waals surface area contributed by atoms with Crippen molar-refractivity contribution in [3.63, 3.8) is 0 Å². The van der Waals surface area contributed by atoms with Gasteiger partial charge in [-0.3, -0.25) is 4.79 Å². The molecular weight excluding hydrogens is 288 g/mol. The maximum absolute atomic E-state index is 13.5. The molecule has 23 heavy (non-hydrogen) atoms. The fraction of sp³-hybridized carbons (Fsp3) is 0.632. The molecule has 2 N–H and O–H groups in total. The van der Waals surface area contributed by atoms with Gasteiger partial charge in [0.05, 0.1) is 5.41 Å². The van der Waals surface area contributed by atoms with Gasteiger partial charge in [0.2, 0.25) is 5.91 Å². The van der Waals surface area contributed by atoms with E-state index in [1.54, 1.807) is 0 Å². The fourth-order valence-corrected chi connectivity index (χ4v) is 4.09. The van der Waals surface area contributed by atoms with Crippen LogP contribution >= 0.6 is 0 Å². The van der Waals surface area contributed by atoms with E-state index < -0.39 is 5.41 Å². The zero-order valence-electron chi connectivity index (χ0n) is 14.3. The van der Waals surface area contributed by atoms with E-state index in [1.165, 1.54) is 5.56 Å². The van der Waals surface area contributed by atoms with Gasteiger partial charge in [0.1, 0.15) is 0 Å². The molecular formula is C19H28N2O2. The number of nitrogens with zero attached hydrogens (tertiary/aromatic N) is 1. The number of aryl methyl sites for hydroxylation is 1. The number of hydrogen-bond acceptors (Lipinski definition) is 3. The molecule has 2 unspecified atom stereocenters. The van der Waals surface area contributed by atoms with Gasteiger partial charge in [-0.1, -0.05) is 29.8 Å². The third-order valence-electron chi connectivity index (χ3n) is 5.62. The number of benzene rings is 1. The van der Waals surface area contributed by atoms with E-state index in [1.807, 2.05) is 0 Å². The minimum Gasteiger partial charge on any atom is -0.381 e. The number of amides is 1. The van der Waals surface area contributed by atoms with E-state index in [0.717, 1.165) is 31.4 Å². The Hall–Kier alpha value is -1.39. The molecule has 4 heteroatoms. The molecule has 1 amide bonds. The average molecular weight is 316 g/mol. The molecule has 1 aromatic carbocycles. The van der Waals surface area contributed by atoms with Crippen LogP contribution in [0.15, 0.2) is 24.3 Å². The highest BCUT2D eigenvalue weighted by atomic mass is 16.5. The third-order valence-corrected chi connectivity index (χ3v) is 5.62. The Morgan fingerprint density at radius 2 is 1.96 bits per heavy atom. The summed E-state index contributed by atoms with van der Waals surface area (Å²) in [6.45, 7) is 7.00. The van der Waals surface area contributed by atoms with Crippen LogP contribution < -0.4 is 5.73 Å². The van der Waals surface area contributed by atoms with Gasteiger partial charge in [-0.05, 0) is 51.1 Å². The number of carbonyl (C=O) groups is 1. The van der Waals surface area contributed by atoms with Crippen LogP contribution in [0.4, 0.5) is 0 Å². The zero-order valence-corrected chi connectivity index (χ0v) is 14.3. The van der Waals surface area contributed by atoms with Gasteiger partial charge in [0.25, 0.3) is 0 Å². The van der Waals surface area contributed by atoms with E-state index in [4.69, 9.17) is 10.5 Å². The molecule has 126 valence electrons. The predicted molar refractivity (Wildman–Crippen MR) is 91.2 cm³/mol. The minimum absolute atomic E-state index is 0.271. The summed E-state index contributed by atoms with van der Waals surface area (Å²) in [4.78, 5) is 15.6. The molecule has 0 bridgehead atoms. The second-order valence-corrected chi connectivity index (χ2v) is 7.20. The van der Waals surface area contributed by atoms with Crippen LogP contribution in [0.5, 0.6) is 0 Å². The summed E-state index contributed by atoms with van der Waals surface area (Å²) in [5, 5.41) is 0. The summed E-state index contributed by atoms with van der Waals surface area (Å²) in [6.07, 6.45) is 2.56. The van der Waals surface area contributed by atoms with Crippen molar-refractivity contribution in [2.75, 3.05) is 26.3 Å². The van der Waals surface area contributed by atoms with Gasteiger partial charge in [-0.15, -0.1) is 0 Å². The van der Waals surface area contributed by atoms with Crippen LogP contribution in [0.25, 0.3) is 0 Å². The van der Waals surface area contributed by atoms with Crippen LogP contribution in [-0.4, -0.2) is 43.2 Å². The van der Waals surface area contributed by atoms with Crippen LogP contribution in [-0.2, 0) is 14.9 Å². The van der Waals surface area contributed by atoms with Crippen molar-refractivity contribution >= 4 is 5.91 Å². The second kappa shape index (κ2) is 6.62. The number of ether oxygens (including phenoxy) is 1. The van der Waals surface area contributed by atoms with Crippen molar-refractivity contribution in [3.05, 3.63) is 35.4 Å². The van der Waals surface area contributed by atoms with E-state index >= 15 is 0 Å². The lowest BCUT2D eigenvalue weighted by Gasteiger charge is -2.40. The summed E-state index contributed by atoms with van der Waals surface area (Å²) >= 11 is 0. The number of likely N-dealkylation sites (tertiary alicyclic amines) is 1. The van der Waals surface area contributed by atoms with Gasteiger partial charge in [-0.25, -0.2) is 0 Å². The number of carbonyl (C=O) groups excluding carboxylic acids is 1. The van der Waals surface area contributed by atoms with Crippen molar-refractivity contribution < 1.29 is 9.53 Å². The first-order chi connectivity index (χ1) is 11.1. The lowest BCUT2D eigenvalue weighted by Crippen LogP contribution is -2.51. The van der Waals surface area contributed by atoms with Crippen LogP contribution in [0.3, 0.4) is 0 Å². The largest absolute Gasteiger partial charge is 0.381 e. The van der Waals surface area contributed by atoms with Gasteiger partial charge in [0.15, 0.2) is 0 Å². The summed E-state index contributed by atoms with van der Waals surface area (Å²) < 4.78 is 5.56. The highest BCUT2D eigenvalue weighted by Gasteiger charge is 2.46. The molecule has 4 nitrogen and oxygen atoms in total. The molecule has 2 atom stereocenters. The number of rotatable bonds is 3. The minimum atomic E-state index is -0.427. The summed E-state index contributed by atoms with van der Waals surface area (Å²) in [5.41, 5.74) is 7.77. The maximum atomic E-state index is 13.5. The van der Waals surface area contributed by atoms with Crippen molar-refractivity contribution in [1.29, 1.82) is 0 Å². The Labute approximate surface area is 139 Å². The molecule has 0 aromatic heterocycles. The topological polar surface area (TPSA) is 55.6 Å². The third kappa shape index (κ3) is 3.02. The second-order valence-electron chi connectivity index (χ2n) is 7.20. The lowest BCUT2D eigenvalue weighted by molar-refractivity contribution is -0.142. The first kappa shape index (κ1) is 16.5. The van der Waals surface area contributed by atoms with Crippen LogP contribution in [0, 0.1) is 12.8 Å². The van der Waals surface area contributed by atoms with E-state index in [9.17, 15) is 4.79 Å². The molecule has 2 heterocycles. The monoisotopic (exact) mass is 316 g/mol. The average Bonchev–Trinajstić information content (AvgIpc) is 2.96. The molecule has 1 aromatic rings. The van der Waals surface area contributed by atoms with Crippen molar-refractivity contribution in [2.45, 2.75) is 44.6 Å². The SMILES string of the molecule is Cc1ccc(C2(C(=O)N3CC(CN)CC3C)CCOCC2)cc1. The zero-order chi connectivity index (χ0) is 16.4. The molecule has 3 rings (SSSR count). The molecule has 2 aliphatic rings. The van der Waals surface area contributed by atoms with Gasteiger partial charge < -0.3 is 15.4 Å². The summed E-state index contributed by atoms with van der Waals surface area (Å²) in [5.74, 6) is 0.706. The summed E-state index contributed by atoms with van der Waals surface area (Å²) in [6, 6.07) is 8.74. The quantitative estimate of drug-likeness (QED) is 0.930. The smallest absolute Gasteiger partial charge is 0.233 e. The van der Waals surface area contributed by atoms with Gasteiger partial charge >= 0.3 is 0 Å². The van der Waals surface area contributed by atoms with Crippen LogP contribution in [0.1, 0.15) is 37.3 Å². The first-order valence-electron chi connectivity index (χ1n) is 8.73. The normalized spacial score (nSPS) is 27.2. The Bertz CT molecular complexity index is 549. The van der Waals surface area contributed by atoms with E-state index in [2.05, 4.69) is 43.0 Å². The van der Waals surface area contributed by atoms with Crippen molar-refractivity contribution in [2.24, 2.45) is 11.7 Å². The standard InChI is InChI=1S/C19H28N2O2/c1-14-3-5-17(6-4-14)19(7-9-23-10-8-19)18(22)21-13-16(12-20)11-15(21)2/h3-6,15-16H,7-13,20H2,1-2H3. The number of hydrogen-bond donors (Lipinski definition) is 1. The van der Waals surface area contributed by atoms with Gasteiger partial charge in [-0.2, -0.15) is 0 Å². The molecule has 2 aliphatic heterocycles. The van der Waals surface area contributed by atoms with Gasteiger partial charge in [0, 0.05) is 25.8 Å². The molecule has 0 aliphatic carbocycles. The Morgan fingerprint density at radius 1 is 1.30 bits per heavy atom. The molecule has 2 saturated heterocycles. The highest BCUT2D eigenvalue weighted by molar-refractivity contribution is 5.89. The highest BCUT2D eigenvalue weighted by Crippen LogP contribution is 2.39.